The molecule has 8 nitrogen and oxygen atoms in total. The van der Waals surface area contributed by atoms with E-state index < -0.39 is 0 Å². The number of aromatic nitrogens is 2. The lowest BCUT2D eigenvalue weighted by Crippen LogP contribution is -2.46. The molecule has 0 unspecified atom stereocenters. The van der Waals surface area contributed by atoms with Crippen molar-refractivity contribution in [2.24, 2.45) is 0 Å². The fourth-order valence-electron chi connectivity index (χ4n) is 5.58. The molecule has 2 aromatic carbocycles. The van der Waals surface area contributed by atoms with Crippen molar-refractivity contribution in [1.82, 2.24) is 14.5 Å². The molecular weight excluding hydrogens is 492 g/mol. The minimum absolute atomic E-state index is 0.153. The van der Waals surface area contributed by atoms with E-state index in [1.807, 2.05) is 61.8 Å². The number of phenolic OH excluding ortho intramolecular Hbond substituents is 1. The number of carbonyl (C=O) groups is 1. The third-order valence-corrected chi connectivity index (χ3v) is 7.69. The van der Waals surface area contributed by atoms with Gasteiger partial charge in [0.15, 0.2) is 5.76 Å². The summed E-state index contributed by atoms with van der Waals surface area (Å²) in [5.41, 5.74) is 3.83. The van der Waals surface area contributed by atoms with E-state index in [1.165, 1.54) is 0 Å². The van der Waals surface area contributed by atoms with Gasteiger partial charge in [-0.2, -0.15) is 0 Å². The highest BCUT2D eigenvalue weighted by Gasteiger charge is 2.34. The van der Waals surface area contributed by atoms with Crippen LogP contribution in [0.1, 0.15) is 34.0 Å². The molecule has 0 amide bonds. The molecule has 2 aromatic heterocycles. The summed E-state index contributed by atoms with van der Waals surface area (Å²) < 4.78 is 13.8. The number of ketones is 1. The van der Waals surface area contributed by atoms with Crippen molar-refractivity contribution in [3.8, 4) is 17.2 Å². The van der Waals surface area contributed by atoms with Crippen molar-refractivity contribution in [3.63, 3.8) is 0 Å². The lowest BCUT2D eigenvalue weighted by Gasteiger charge is -2.35. The first-order valence-electron chi connectivity index (χ1n) is 13.3. The number of nitrogens with zero attached hydrogens (tertiary/aromatic N) is 4. The zero-order valence-corrected chi connectivity index (χ0v) is 22.5. The Bertz CT molecular complexity index is 1580. The quantitative estimate of drug-likeness (QED) is 0.355. The van der Waals surface area contributed by atoms with Gasteiger partial charge in [0.2, 0.25) is 5.78 Å². The Morgan fingerprint density at radius 2 is 1.95 bits per heavy atom. The highest BCUT2D eigenvalue weighted by molar-refractivity contribution is 6.16. The summed E-state index contributed by atoms with van der Waals surface area (Å²) in [4.78, 5) is 22.6. The maximum Gasteiger partial charge on any atom is 0.232 e. The molecule has 0 atom stereocenters. The van der Waals surface area contributed by atoms with Gasteiger partial charge in [0, 0.05) is 68.1 Å². The fourth-order valence-corrected chi connectivity index (χ4v) is 5.58. The number of aryl methyl sites for hydroxylation is 2. The van der Waals surface area contributed by atoms with Crippen LogP contribution in [-0.4, -0.2) is 58.6 Å². The van der Waals surface area contributed by atoms with Crippen LogP contribution in [0, 0.1) is 6.92 Å². The Kier molecular flexibility index (Phi) is 6.48. The first-order chi connectivity index (χ1) is 19.0. The second kappa shape index (κ2) is 10.1. The number of pyridine rings is 1. The van der Waals surface area contributed by atoms with Crippen LogP contribution in [0.5, 0.6) is 17.2 Å². The molecule has 39 heavy (non-hydrogen) atoms. The first kappa shape index (κ1) is 25.0. The summed E-state index contributed by atoms with van der Waals surface area (Å²) >= 11 is 0. The summed E-state index contributed by atoms with van der Waals surface area (Å²) in [5, 5.41) is 11.9. The summed E-state index contributed by atoms with van der Waals surface area (Å²) in [7, 11) is 1.64. The second-order valence-electron chi connectivity index (χ2n) is 10.0. The molecule has 4 heterocycles. The average molecular weight is 525 g/mol. The summed E-state index contributed by atoms with van der Waals surface area (Å²) in [5.74, 6) is 2.44. The van der Waals surface area contributed by atoms with Gasteiger partial charge in [0.1, 0.15) is 23.1 Å². The highest BCUT2D eigenvalue weighted by atomic mass is 16.5. The molecule has 0 saturated carbocycles. The molecule has 0 spiro atoms. The van der Waals surface area contributed by atoms with Crippen molar-refractivity contribution in [2.45, 2.75) is 26.9 Å². The molecule has 6 rings (SSSR count). The van der Waals surface area contributed by atoms with E-state index in [9.17, 15) is 9.90 Å². The van der Waals surface area contributed by atoms with Crippen molar-refractivity contribution < 1.29 is 19.4 Å². The first-order valence-corrected chi connectivity index (χ1v) is 13.3. The van der Waals surface area contributed by atoms with E-state index in [1.54, 1.807) is 13.2 Å². The number of aromatic hydroxyl groups is 1. The van der Waals surface area contributed by atoms with Gasteiger partial charge in [0.05, 0.1) is 18.2 Å². The van der Waals surface area contributed by atoms with E-state index in [0.29, 0.717) is 29.0 Å². The van der Waals surface area contributed by atoms with Crippen molar-refractivity contribution in [2.75, 3.05) is 38.2 Å². The molecular formula is C31H32N4O4. The SMILES string of the molecule is CCn1cc(/C=C2/Oc3c(CN4CCN(c5ccccn5)CC4)c(O)cc(C)c3C2=O)c2cc(OC)ccc21. The number of allylic oxidation sites excluding steroid dienone is 1. The topological polar surface area (TPSA) is 80.1 Å². The number of ether oxygens (including phenoxy) is 2. The number of phenols is 1. The Hall–Kier alpha value is -4.30. The molecule has 2 aliphatic heterocycles. The normalized spacial score (nSPS) is 16.6. The molecule has 200 valence electrons. The number of benzene rings is 2. The molecule has 0 radical (unpaired) electrons. The van der Waals surface area contributed by atoms with Crippen LogP contribution in [0.4, 0.5) is 5.82 Å². The molecule has 8 heteroatoms. The lowest BCUT2D eigenvalue weighted by molar-refractivity contribution is 0.101. The second-order valence-corrected chi connectivity index (χ2v) is 10.0. The van der Waals surface area contributed by atoms with Crippen LogP contribution in [0.25, 0.3) is 17.0 Å². The van der Waals surface area contributed by atoms with Crippen LogP contribution >= 0.6 is 0 Å². The summed E-state index contributed by atoms with van der Waals surface area (Å²) in [6.07, 6.45) is 5.65. The third-order valence-electron chi connectivity index (χ3n) is 7.69. The van der Waals surface area contributed by atoms with Gasteiger partial charge in [-0.05, 0) is 61.9 Å². The Morgan fingerprint density at radius 1 is 1.13 bits per heavy atom. The molecule has 0 bridgehead atoms. The van der Waals surface area contributed by atoms with E-state index >= 15 is 0 Å². The minimum atomic E-state index is -0.163. The summed E-state index contributed by atoms with van der Waals surface area (Å²) in [6.45, 7) is 8.52. The van der Waals surface area contributed by atoms with Gasteiger partial charge < -0.3 is 24.0 Å². The number of hydrogen-bond acceptors (Lipinski definition) is 7. The fraction of sp³-hybridized carbons (Fsp3) is 0.290. The number of anilines is 1. The van der Waals surface area contributed by atoms with Crippen LogP contribution < -0.4 is 14.4 Å². The largest absolute Gasteiger partial charge is 0.507 e. The van der Waals surface area contributed by atoms with Gasteiger partial charge in [-0.1, -0.05) is 6.07 Å². The zero-order chi connectivity index (χ0) is 27.1. The average Bonchev–Trinajstić information content (AvgIpc) is 3.48. The van der Waals surface area contributed by atoms with Crippen molar-refractivity contribution in [3.05, 3.63) is 82.9 Å². The van der Waals surface area contributed by atoms with Crippen LogP contribution in [0.15, 0.2) is 60.6 Å². The molecule has 0 aliphatic carbocycles. The van der Waals surface area contributed by atoms with E-state index in [0.717, 1.165) is 60.8 Å². The third kappa shape index (κ3) is 4.51. The molecule has 1 saturated heterocycles. The predicted octanol–water partition coefficient (Wildman–Crippen LogP) is 5.02. The smallest absolute Gasteiger partial charge is 0.232 e. The molecule has 4 aromatic rings. The number of hydrogen-bond donors (Lipinski definition) is 1. The van der Waals surface area contributed by atoms with Gasteiger partial charge >= 0.3 is 0 Å². The Morgan fingerprint density at radius 3 is 2.67 bits per heavy atom. The van der Waals surface area contributed by atoms with Crippen molar-refractivity contribution in [1.29, 1.82) is 0 Å². The maximum atomic E-state index is 13.6. The number of piperazine rings is 1. The van der Waals surface area contributed by atoms with Gasteiger partial charge in [0.25, 0.3) is 0 Å². The van der Waals surface area contributed by atoms with Gasteiger partial charge in [-0.3, -0.25) is 9.69 Å². The van der Waals surface area contributed by atoms with E-state index in [-0.39, 0.29) is 17.3 Å². The van der Waals surface area contributed by atoms with Crippen LogP contribution in [-0.2, 0) is 13.1 Å². The number of carbonyl (C=O) groups excluding carboxylic acids is 1. The maximum absolute atomic E-state index is 13.6. The number of rotatable bonds is 6. The molecule has 1 fully saturated rings. The minimum Gasteiger partial charge on any atom is -0.507 e. The Labute approximate surface area is 227 Å². The molecule has 1 N–H and O–H groups in total. The van der Waals surface area contributed by atoms with E-state index in [4.69, 9.17) is 9.47 Å². The van der Waals surface area contributed by atoms with Crippen molar-refractivity contribution >= 4 is 28.6 Å². The standard InChI is InChI=1S/C31H32N4O4/c1-4-34-18-21(23-17-22(38-3)8-9-25(23)34)16-27-30(37)29-20(2)15-26(36)24(31(29)39-27)19-33-11-13-35(14-12-33)28-7-5-6-10-32-28/h5-10,15-18,36H,4,11-14,19H2,1-3H3/b27-16+. The predicted molar refractivity (Wildman–Crippen MR) is 152 cm³/mol. The van der Waals surface area contributed by atoms with E-state index in [2.05, 4.69) is 26.3 Å². The Balaban J connectivity index is 1.29. The lowest BCUT2D eigenvalue weighted by atomic mass is 9.99. The number of fused-ring (bicyclic) bond motifs is 2. The van der Waals surface area contributed by atoms with Gasteiger partial charge in [-0.15, -0.1) is 0 Å². The van der Waals surface area contributed by atoms with Gasteiger partial charge in [-0.25, -0.2) is 4.98 Å². The van der Waals surface area contributed by atoms with Crippen LogP contribution in [0.3, 0.4) is 0 Å². The highest BCUT2D eigenvalue weighted by Crippen LogP contribution is 2.43. The summed E-state index contributed by atoms with van der Waals surface area (Å²) in [6, 6.07) is 13.6. The number of Topliss-reactive ketones (excluding diaryl/α,β-unsaturated/α-hetero) is 1. The molecule has 2 aliphatic rings. The zero-order valence-electron chi connectivity index (χ0n) is 22.5. The van der Waals surface area contributed by atoms with Crippen LogP contribution in [0.2, 0.25) is 0 Å². The monoisotopic (exact) mass is 524 g/mol. The number of methoxy groups -OCH3 is 1.